The summed E-state index contributed by atoms with van der Waals surface area (Å²) in [6, 6.07) is 12.9. The van der Waals surface area contributed by atoms with Gasteiger partial charge >= 0.3 is 0 Å². The largest absolute Gasteiger partial charge is 0.490 e. The molecule has 1 amide bonds. The Balaban J connectivity index is 1.94. The van der Waals surface area contributed by atoms with Crippen molar-refractivity contribution in [2.75, 3.05) is 13.2 Å². The smallest absolute Gasteiger partial charge is 0.258 e. The van der Waals surface area contributed by atoms with Gasteiger partial charge in [0.05, 0.1) is 12.6 Å². The van der Waals surface area contributed by atoms with Crippen LogP contribution in [0.3, 0.4) is 0 Å². The van der Waals surface area contributed by atoms with Crippen LogP contribution in [0.5, 0.6) is 11.5 Å². The molecule has 2 aromatic rings. The molecule has 2 aromatic carbocycles. The number of hydrogen-bond acceptors (Lipinski definition) is 4. The molecule has 5 heteroatoms. The van der Waals surface area contributed by atoms with E-state index in [0.29, 0.717) is 23.7 Å². The second-order valence-corrected chi connectivity index (χ2v) is 5.93. The van der Waals surface area contributed by atoms with Crippen LogP contribution in [-0.2, 0) is 11.2 Å². The van der Waals surface area contributed by atoms with Gasteiger partial charge in [-0.15, -0.1) is 0 Å². The molecule has 0 spiro atoms. The highest BCUT2D eigenvalue weighted by Crippen LogP contribution is 2.28. The normalized spacial score (nSPS) is 11.5. The Morgan fingerprint density at radius 3 is 2.42 bits per heavy atom. The molecule has 0 unspecified atom stereocenters. The van der Waals surface area contributed by atoms with Crippen LogP contribution in [0.15, 0.2) is 42.5 Å². The fraction of sp³-hybridized carbons (Fsp3) is 0.333. The number of aryl methyl sites for hydroxylation is 1. The predicted octanol–water partition coefficient (Wildman–Crippen LogP) is 3.72. The third-order valence-corrected chi connectivity index (χ3v) is 4.03. The first kappa shape index (κ1) is 19.5. The minimum atomic E-state index is -0.223. The lowest BCUT2D eigenvalue weighted by Gasteiger charge is -2.16. The zero-order valence-corrected chi connectivity index (χ0v) is 15.5. The van der Waals surface area contributed by atoms with Crippen LogP contribution >= 0.6 is 0 Å². The van der Waals surface area contributed by atoms with E-state index in [0.717, 1.165) is 18.3 Å². The van der Waals surface area contributed by atoms with Gasteiger partial charge in [-0.3, -0.25) is 9.59 Å². The molecular formula is C21H25NO4. The number of carbonyl (C=O) groups is 2. The first-order valence-corrected chi connectivity index (χ1v) is 8.80. The highest BCUT2D eigenvalue weighted by molar-refractivity contribution is 5.78. The average molecular weight is 355 g/mol. The minimum absolute atomic E-state index is 0.110. The van der Waals surface area contributed by atoms with E-state index >= 15 is 0 Å². The monoisotopic (exact) mass is 355 g/mol. The summed E-state index contributed by atoms with van der Waals surface area (Å²) in [5.41, 5.74) is 2.80. The Labute approximate surface area is 154 Å². The summed E-state index contributed by atoms with van der Waals surface area (Å²) >= 11 is 0. The van der Waals surface area contributed by atoms with Crippen molar-refractivity contribution in [2.24, 2.45) is 0 Å². The van der Waals surface area contributed by atoms with Gasteiger partial charge in [-0.05, 0) is 49.6 Å². The first-order valence-electron chi connectivity index (χ1n) is 8.80. The number of ether oxygens (including phenoxy) is 2. The molecule has 26 heavy (non-hydrogen) atoms. The van der Waals surface area contributed by atoms with Crippen LogP contribution in [0.25, 0.3) is 0 Å². The molecule has 1 N–H and O–H groups in total. The van der Waals surface area contributed by atoms with E-state index in [-0.39, 0.29) is 18.6 Å². The lowest BCUT2D eigenvalue weighted by atomic mass is 10.1. The van der Waals surface area contributed by atoms with E-state index in [2.05, 4.69) is 24.4 Å². The Kier molecular flexibility index (Phi) is 7.21. The fourth-order valence-electron chi connectivity index (χ4n) is 2.54. The minimum Gasteiger partial charge on any atom is -0.490 e. The number of aldehydes is 1. The fourth-order valence-corrected chi connectivity index (χ4v) is 2.54. The van der Waals surface area contributed by atoms with E-state index in [1.807, 2.05) is 26.0 Å². The molecule has 138 valence electrons. The predicted molar refractivity (Wildman–Crippen MR) is 101 cm³/mol. The maximum atomic E-state index is 12.2. The molecule has 0 aliphatic rings. The van der Waals surface area contributed by atoms with Crippen molar-refractivity contribution in [3.63, 3.8) is 0 Å². The molecule has 0 bridgehead atoms. The first-order chi connectivity index (χ1) is 12.6. The summed E-state index contributed by atoms with van der Waals surface area (Å²) in [6.45, 7) is 6.20. The zero-order chi connectivity index (χ0) is 18.9. The van der Waals surface area contributed by atoms with Crippen LogP contribution in [0, 0.1) is 0 Å². The van der Waals surface area contributed by atoms with Crippen LogP contribution in [0.4, 0.5) is 0 Å². The Bertz CT molecular complexity index is 740. The van der Waals surface area contributed by atoms with Crippen molar-refractivity contribution in [1.29, 1.82) is 0 Å². The van der Waals surface area contributed by atoms with E-state index < -0.39 is 0 Å². The molecule has 0 aromatic heterocycles. The van der Waals surface area contributed by atoms with Gasteiger partial charge in [0, 0.05) is 5.56 Å². The highest BCUT2D eigenvalue weighted by atomic mass is 16.5. The third kappa shape index (κ3) is 5.34. The maximum absolute atomic E-state index is 12.2. The van der Waals surface area contributed by atoms with Crippen molar-refractivity contribution in [3.05, 3.63) is 59.2 Å². The van der Waals surface area contributed by atoms with E-state index in [9.17, 15) is 9.59 Å². The molecule has 0 aliphatic heterocycles. The summed E-state index contributed by atoms with van der Waals surface area (Å²) in [7, 11) is 0. The van der Waals surface area contributed by atoms with Crippen LogP contribution in [0.2, 0.25) is 0 Å². The molecule has 0 heterocycles. The molecule has 0 saturated heterocycles. The van der Waals surface area contributed by atoms with Crippen LogP contribution in [0.1, 0.15) is 48.3 Å². The van der Waals surface area contributed by atoms with Gasteiger partial charge < -0.3 is 14.8 Å². The second-order valence-electron chi connectivity index (χ2n) is 5.93. The number of benzene rings is 2. The summed E-state index contributed by atoms with van der Waals surface area (Å²) in [5, 5.41) is 2.92. The van der Waals surface area contributed by atoms with Gasteiger partial charge in [0.2, 0.25) is 0 Å². The van der Waals surface area contributed by atoms with Gasteiger partial charge in [-0.2, -0.15) is 0 Å². The van der Waals surface area contributed by atoms with Crippen molar-refractivity contribution >= 4 is 12.2 Å². The summed E-state index contributed by atoms with van der Waals surface area (Å²) < 4.78 is 11.0. The Hall–Kier alpha value is -2.82. The topological polar surface area (TPSA) is 64.6 Å². The average Bonchev–Trinajstić information content (AvgIpc) is 2.67. The molecule has 0 aliphatic carbocycles. The summed E-state index contributed by atoms with van der Waals surface area (Å²) in [6.07, 6.45) is 1.73. The molecular weight excluding hydrogens is 330 g/mol. The van der Waals surface area contributed by atoms with Crippen LogP contribution in [-0.4, -0.2) is 25.4 Å². The van der Waals surface area contributed by atoms with Gasteiger partial charge in [-0.1, -0.05) is 31.2 Å². The van der Waals surface area contributed by atoms with Crippen LogP contribution < -0.4 is 14.8 Å². The van der Waals surface area contributed by atoms with Crippen molar-refractivity contribution in [3.8, 4) is 11.5 Å². The number of nitrogens with one attached hydrogen (secondary N) is 1. The van der Waals surface area contributed by atoms with Gasteiger partial charge in [0.15, 0.2) is 18.1 Å². The second kappa shape index (κ2) is 9.61. The molecule has 5 nitrogen and oxygen atoms in total. The van der Waals surface area contributed by atoms with Gasteiger partial charge in [-0.25, -0.2) is 0 Å². The lowest BCUT2D eigenvalue weighted by molar-refractivity contribution is -0.123. The molecule has 0 fully saturated rings. The zero-order valence-electron chi connectivity index (χ0n) is 15.5. The van der Waals surface area contributed by atoms with Gasteiger partial charge in [0.25, 0.3) is 5.91 Å². The highest BCUT2D eigenvalue weighted by Gasteiger charge is 2.12. The molecule has 0 saturated carbocycles. The molecule has 1 atom stereocenters. The quantitative estimate of drug-likeness (QED) is 0.696. The number of carbonyl (C=O) groups excluding carboxylic acids is 2. The number of amides is 1. The van der Waals surface area contributed by atoms with E-state index in [4.69, 9.17) is 9.47 Å². The molecule has 0 radical (unpaired) electrons. The number of rotatable bonds is 9. The number of hydrogen-bond donors (Lipinski definition) is 1. The van der Waals surface area contributed by atoms with Gasteiger partial charge in [0.1, 0.15) is 6.29 Å². The Morgan fingerprint density at radius 2 is 1.81 bits per heavy atom. The Morgan fingerprint density at radius 1 is 1.08 bits per heavy atom. The van der Waals surface area contributed by atoms with Crippen molar-refractivity contribution in [2.45, 2.75) is 33.2 Å². The van der Waals surface area contributed by atoms with Crippen molar-refractivity contribution in [1.82, 2.24) is 5.32 Å². The third-order valence-electron chi connectivity index (χ3n) is 4.03. The van der Waals surface area contributed by atoms with Crippen molar-refractivity contribution < 1.29 is 19.1 Å². The maximum Gasteiger partial charge on any atom is 0.258 e. The SMILES string of the molecule is CCOc1cc(C=O)ccc1OCC(=O)N[C@H](C)c1ccc(CC)cc1. The summed E-state index contributed by atoms with van der Waals surface area (Å²) in [4.78, 5) is 23.1. The lowest BCUT2D eigenvalue weighted by Crippen LogP contribution is -2.31. The van der Waals surface area contributed by atoms with E-state index in [1.165, 1.54) is 5.56 Å². The standard InChI is InChI=1S/C21H25NO4/c1-4-16-6-9-18(10-7-16)15(3)22-21(24)14-26-19-11-8-17(13-23)12-20(19)25-5-2/h6-13,15H,4-5,14H2,1-3H3,(H,22,24)/t15-/m1/s1. The van der Waals surface area contributed by atoms with E-state index in [1.54, 1.807) is 18.2 Å². The molecule has 2 rings (SSSR count). The summed E-state index contributed by atoms with van der Waals surface area (Å²) in [5.74, 6) is 0.666.